The van der Waals surface area contributed by atoms with Crippen LogP contribution in [0.3, 0.4) is 0 Å². The van der Waals surface area contributed by atoms with E-state index in [4.69, 9.17) is 0 Å². The number of hydrogen-bond donors (Lipinski definition) is 0. The highest BCUT2D eigenvalue weighted by Gasteiger charge is 2.13. The Morgan fingerprint density at radius 3 is 1.67 bits per heavy atom. The van der Waals surface area contributed by atoms with E-state index in [1.165, 1.54) is 51.6 Å². The highest BCUT2D eigenvalue weighted by atomic mass is 14.2. The molecule has 0 aliphatic heterocycles. The number of aryl methyl sites for hydroxylation is 2. The van der Waals surface area contributed by atoms with Crippen molar-refractivity contribution >= 4 is 32.3 Å². The van der Waals surface area contributed by atoms with Gasteiger partial charge in [-0.25, -0.2) is 0 Å². The summed E-state index contributed by atoms with van der Waals surface area (Å²) in [5, 5.41) is 8.40. The third kappa shape index (κ3) is 2.38. The zero-order chi connectivity index (χ0) is 16.5. The monoisotopic (exact) mass is 312 g/mol. The maximum absolute atomic E-state index is 2.42. The van der Waals surface area contributed by atoms with Crippen molar-refractivity contribution in [2.75, 3.05) is 0 Å². The van der Waals surface area contributed by atoms with Gasteiger partial charge in [-0.15, -0.1) is 0 Å². The van der Waals surface area contributed by atoms with Crippen LogP contribution in [0.25, 0.3) is 32.3 Å². The van der Waals surface area contributed by atoms with E-state index < -0.39 is 0 Å². The second-order valence-electron chi connectivity index (χ2n) is 6.75. The number of fused-ring (bicyclic) bond motifs is 4. The maximum Gasteiger partial charge on any atom is -0.00961 e. The minimum Gasteiger partial charge on any atom is -0.0651 e. The molecular weight excluding hydrogens is 288 g/mol. The third-order valence-corrected chi connectivity index (χ3v) is 5.12. The van der Waals surface area contributed by atoms with Crippen molar-refractivity contribution in [3.8, 4) is 0 Å². The molecule has 0 heterocycles. The molecule has 0 aromatic heterocycles. The van der Waals surface area contributed by atoms with E-state index in [0.29, 0.717) is 0 Å². The van der Waals surface area contributed by atoms with Gasteiger partial charge in [0.25, 0.3) is 0 Å². The molecule has 0 fully saturated rings. The van der Waals surface area contributed by atoms with Crippen molar-refractivity contribution < 1.29 is 0 Å². The van der Waals surface area contributed by atoms with Gasteiger partial charge >= 0.3 is 0 Å². The zero-order valence-corrected chi connectivity index (χ0v) is 14.6. The second kappa shape index (κ2) is 6.28. The van der Waals surface area contributed by atoms with Crippen molar-refractivity contribution in [3.63, 3.8) is 0 Å². The summed E-state index contributed by atoms with van der Waals surface area (Å²) >= 11 is 0. The van der Waals surface area contributed by atoms with Gasteiger partial charge in [0.1, 0.15) is 0 Å². The van der Waals surface area contributed by atoms with E-state index in [0.717, 1.165) is 6.42 Å². The molecule has 0 bridgehead atoms. The van der Waals surface area contributed by atoms with Gasteiger partial charge in [-0.3, -0.25) is 0 Å². The Labute approximate surface area is 144 Å². The first-order valence-corrected chi connectivity index (χ1v) is 9.18. The minimum absolute atomic E-state index is 1.16. The summed E-state index contributed by atoms with van der Waals surface area (Å²) in [5.74, 6) is 0. The smallest absolute Gasteiger partial charge is 0.00961 e. The van der Waals surface area contributed by atoms with Crippen LogP contribution >= 0.6 is 0 Å². The van der Waals surface area contributed by atoms with Gasteiger partial charge in [-0.05, 0) is 68.4 Å². The summed E-state index contributed by atoms with van der Waals surface area (Å²) in [6.45, 7) is 4.58. The first-order valence-electron chi connectivity index (χ1n) is 9.18. The van der Waals surface area contributed by atoms with Crippen LogP contribution in [0, 0.1) is 0 Å². The molecular formula is C24H24. The molecule has 0 atom stereocenters. The molecule has 0 radical (unpaired) electrons. The number of benzene rings is 4. The van der Waals surface area contributed by atoms with Crippen molar-refractivity contribution in [1.29, 1.82) is 0 Å². The molecule has 4 aromatic rings. The van der Waals surface area contributed by atoms with E-state index in [9.17, 15) is 0 Å². The summed E-state index contributed by atoms with van der Waals surface area (Å²) in [6.07, 6.45) is 4.71. The first kappa shape index (κ1) is 15.2. The van der Waals surface area contributed by atoms with Crippen molar-refractivity contribution in [1.82, 2.24) is 0 Å². The van der Waals surface area contributed by atoms with Gasteiger partial charge in [0.05, 0.1) is 0 Å². The Kier molecular flexibility index (Phi) is 3.98. The van der Waals surface area contributed by atoms with E-state index in [-0.39, 0.29) is 0 Å². The Balaban J connectivity index is 2.22. The van der Waals surface area contributed by atoms with Crippen LogP contribution < -0.4 is 0 Å². The summed E-state index contributed by atoms with van der Waals surface area (Å²) < 4.78 is 0. The standard InChI is InChI=1S/C24H24/c1-3-9-19-20(10-4-2)23-15-17-11-5-6-12-18(17)16-24(23)22-14-8-7-13-21(19)22/h5-8,11-16H,3-4,9-10H2,1-2H3. The van der Waals surface area contributed by atoms with Crippen LogP contribution in [0.5, 0.6) is 0 Å². The molecule has 0 N–H and O–H groups in total. The molecule has 4 aromatic carbocycles. The van der Waals surface area contributed by atoms with Crippen molar-refractivity contribution in [3.05, 3.63) is 71.8 Å². The zero-order valence-electron chi connectivity index (χ0n) is 14.6. The lowest BCUT2D eigenvalue weighted by Gasteiger charge is -2.18. The van der Waals surface area contributed by atoms with Crippen LogP contribution in [0.2, 0.25) is 0 Å². The molecule has 0 spiro atoms. The Morgan fingerprint density at radius 1 is 0.542 bits per heavy atom. The van der Waals surface area contributed by atoms with Gasteiger partial charge < -0.3 is 0 Å². The predicted octanol–water partition coefficient (Wildman–Crippen LogP) is 7.05. The van der Waals surface area contributed by atoms with Crippen molar-refractivity contribution in [2.24, 2.45) is 0 Å². The average molecular weight is 312 g/mol. The Hall–Kier alpha value is -2.34. The topological polar surface area (TPSA) is 0 Å². The SMILES string of the molecule is CCCc1c(CCC)c2cc3ccccc3cc2c2ccccc12. The molecule has 4 rings (SSSR count). The molecule has 0 nitrogen and oxygen atoms in total. The third-order valence-electron chi connectivity index (χ3n) is 5.12. The van der Waals surface area contributed by atoms with E-state index >= 15 is 0 Å². The Bertz CT molecular complexity index is 1020. The summed E-state index contributed by atoms with van der Waals surface area (Å²) in [4.78, 5) is 0. The molecule has 0 aliphatic carbocycles. The maximum atomic E-state index is 2.42. The van der Waals surface area contributed by atoms with Crippen LogP contribution in [-0.2, 0) is 12.8 Å². The van der Waals surface area contributed by atoms with Gasteiger partial charge in [-0.1, -0.05) is 75.2 Å². The highest BCUT2D eigenvalue weighted by Crippen LogP contribution is 2.36. The first-order chi connectivity index (χ1) is 11.8. The van der Waals surface area contributed by atoms with Gasteiger partial charge in [0.15, 0.2) is 0 Å². The summed E-state index contributed by atoms with van der Waals surface area (Å²) in [5.41, 5.74) is 3.14. The van der Waals surface area contributed by atoms with Gasteiger partial charge in [0.2, 0.25) is 0 Å². The average Bonchev–Trinajstić information content (AvgIpc) is 2.63. The van der Waals surface area contributed by atoms with Crippen molar-refractivity contribution in [2.45, 2.75) is 39.5 Å². The van der Waals surface area contributed by atoms with E-state index in [1.54, 1.807) is 11.1 Å². The molecule has 120 valence electrons. The lowest BCUT2D eigenvalue weighted by atomic mass is 9.86. The molecule has 0 saturated heterocycles. The Morgan fingerprint density at radius 2 is 1.04 bits per heavy atom. The molecule has 0 unspecified atom stereocenters. The van der Waals surface area contributed by atoms with Crippen LogP contribution in [0.1, 0.15) is 37.8 Å². The summed E-state index contributed by atoms with van der Waals surface area (Å²) in [6, 6.07) is 22.5. The number of hydrogen-bond acceptors (Lipinski definition) is 0. The fourth-order valence-corrected chi connectivity index (χ4v) is 4.09. The van der Waals surface area contributed by atoms with Gasteiger partial charge in [0, 0.05) is 0 Å². The molecule has 0 aliphatic rings. The van der Waals surface area contributed by atoms with Crippen LogP contribution in [0.15, 0.2) is 60.7 Å². The number of rotatable bonds is 4. The predicted molar refractivity (Wildman–Crippen MR) is 107 cm³/mol. The fourth-order valence-electron chi connectivity index (χ4n) is 4.09. The quantitative estimate of drug-likeness (QED) is 0.280. The normalized spacial score (nSPS) is 11.6. The molecule has 0 amide bonds. The summed E-state index contributed by atoms with van der Waals surface area (Å²) in [7, 11) is 0. The molecule has 0 saturated carbocycles. The van der Waals surface area contributed by atoms with E-state index in [2.05, 4.69) is 74.5 Å². The fraction of sp³-hybridized carbons (Fsp3) is 0.250. The largest absolute Gasteiger partial charge is 0.0651 e. The van der Waals surface area contributed by atoms with E-state index in [1.807, 2.05) is 0 Å². The highest BCUT2D eigenvalue weighted by molar-refractivity contribution is 6.14. The minimum atomic E-state index is 1.16. The molecule has 24 heavy (non-hydrogen) atoms. The second-order valence-corrected chi connectivity index (χ2v) is 6.75. The van der Waals surface area contributed by atoms with Crippen LogP contribution in [-0.4, -0.2) is 0 Å². The van der Waals surface area contributed by atoms with Crippen LogP contribution in [0.4, 0.5) is 0 Å². The molecule has 0 heteroatoms. The lowest BCUT2D eigenvalue weighted by Crippen LogP contribution is -1.98. The lowest BCUT2D eigenvalue weighted by molar-refractivity contribution is 0.874. The van der Waals surface area contributed by atoms with Gasteiger partial charge in [-0.2, -0.15) is 0 Å².